The van der Waals surface area contributed by atoms with E-state index in [9.17, 15) is 18.0 Å². The van der Waals surface area contributed by atoms with Crippen LogP contribution in [0.4, 0.5) is 11.4 Å². The molecule has 0 bridgehead atoms. The predicted octanol–water partition coefficient (Wildman–Crippen LogP) is 2.91. The summed E-state index contributed by atoms with van der Waals surface area (Å²) in [6, 6.07) is 20.2. The van der Waals surface area contributed by atoms with Gasteiger partial charge in [0.2, 0.25) is 21.8 Å². The van der Waals surface area contributed by atoms with E-state index in [0.717, 1.165) is 29.4 Å². The van der Waals surface area contributed by atoms with Gasteiger partial charge in [0, 0.05) is 50.5 Å². The summed E-state index contributed by atoms with van der Waals surface area (Å²) in [5.74, 6) is -0.0237. The second-order valence-electron chi connectivity index (χ2n) is 8.93. The number of anilines is 2. The number of sulfonamides is 1. The maximum Gasteiger partial charge on any atom is 0.243 e. The number of hydrogen-bond donors (Lipinski definition) is 1. The molecule has 1 N–H and O–H groups in total. The molecule has 0 saturated carbocycles. The molecule has 0 radical (unpaired) electrons. The molecule has 2 aliphatic heterocycles. The molecule has 2 saturated heterocycles. The quantitative estimate of drug-likeness (QED) is 0.572. The average molecular weight is 493 g/mol. The third-order valence-electron chi connectivity index (χ3n) is 6.59. The SMILES string of the molecule is O=C(CN1CCN(S(=O)(=O)c2ccc3ccccc3c2)CC1)Nc1ccc(N2CCCC2=O)cc1. The Morgan fingerprint density at radius 2 is 1.57 bits per heavy atom. The second-order valence-corrected chi connectivity index (χ2v) is 10.9. The number of fused-ring (bicyclic) bond motifs is 1. The Morgan fingerprint density at radius 3 is 2.26 bits per heavy atom. The number of rotatable bonds is 6. The van der Waals surface area contributed by atoms with Crippen LogP contribution < -0.4 is 10.2 Å². The number of nitrogens with zero attached hydrogens (tertiary/aromatic N) is 3. The molecule has 2 fully saturated rings. The zero-order chi connectivity index (χ0) is 24.4. The van der Waals surface area contributed by atoms with Crippen molar-refractivity contribution in [2.45, 2.75) is 17.7 Å². The molecular formula is C26H28N4O4S. The van der Waals surface area contributed by atoms with E-state index in [1.165, 1.54) is 4.31 Å². The summed E-state index contributed by atoms with van der Waals surface area (Å²) in [7, 11) is -3.59. The summed E-state index contributed by atoms with van der Waals surface area (Å²) in [5.41, 5.74) is 1.51. The normalized spacial score (nSPS) is 17.7. The fraction of sp³-hybridized carbons (Fsp3) is 0.308. The number of hydrogen-bond acceptors (Lipinski definition) is 5. The van der Waals surface area contributed by atoms with Crippen molar-refractivity contribution in [3.05, 3.63) is 66.7 Å². The molecule has 2 aliphatic rings. The minimum atomic E-state index is -3.59. The third kappa shape index (κ3) is 5.07. The smallest absolute Gasteiger partial charge is 0.243 e. The molecule has 0 unspecified atom stereocenters. The maximum absolute atomic E-state index is 13.1. The standard InChI is InChI=1S/C26H28N4O4S/c31-25(27-22-8-10-23(11-9-22)30-13-3-6-26(30)32)19-28-14-16-29(17-15-28)35(33,34)24-12-7-20-4-1-2-5-21(20)18-24/h1-2,4-5,7-12,18H,3,6,13-17,19H2,(H,27,31). The van der Waals surface area contributed by atoms with Gasteiger partial charge in [-0.3, -0.25) is 14.5 Å². The van der Waals surface area contributed by atoms with Gasteiger partial charge < -0.3 is 10.2 Å². The van der Waals surface area contributed by atoms with Crippen molar-refractivity contribution < 1.29 is 18.0 Å². The van der Waals surface area contributed by atoms with E-state index < -0.39 is 10.0 Å². The molecule has 9 heteroatoms. The molecule has 182 valence electrons. The Balaban J connectivity index is 1.14. The van der Waals surface area contributed by atoms with Gasteiger partial charge in [0.25, 0.3) is 0 Å². The highest BCUT2D eigenvalue weighted by molar-refractivity contribution is 7.89. The lowest BCUT2D eigenvalue weighted by Gasteiger charge is -2.33. The van der Waals surface area contributed by atoms with E-state index >= 15 is 0 Å². The average Bonchev–Trinajstić information content (AvgIpc) is 3.30. The van der Waals surface area contributed by atoms with E-state index in [1.54, 1.807) is 29.2 Å². The lowest BCUT2D eigenvalue weighted by atomic mass is 10.1. The number of carbonyl (C=O) groups excluding carboxylic acids is 2. The fourth-order valence-electron chi connectivity index (χ4n) is 4.65. The third-order valence-corrected chi connectivity index (χ3v) is 8.49. The number of benzene rings is 3. The second kappa shape index (κ2) is 9.77. The molecule has 2 amide bonds. The van der Waals surface area contributed by atoms with Crippen LogP contribution in [0.1, 0.15) is 12.8 Å². The van der Waals surface area contributed by atoms with Crippen LogP contribution in [0.25, 0.3) is 10.8 Å². The van der Waals surface area contributed by atoms with E-state index in [0.29, 0.717) is 43.2 Å². The van der Waals surface area contributed by atoms with E-state index in [-0.39, 0.29) is 18.4 Å². The highest BCUT2D eigenvalue weighted by atomic mass is 32.2. The minimum absolute atomic E-state index is 0.128. The molecule has 0 atom stereocenters. The molecule has 35 heavy (non-hydrogen) atoms. The largest absolute Gasteiger partial charge is 0.325 e. The van der Waals surface area contributed by atoms with Crippen LogP contribution in [0, 0.1) is 0 Å². The van der Waals surface area contributed by atoms with E-state index in [1.807, 2.05) is 47.4 Å². The lowest BCUT2D eigenvalue weighted by Crippen LogP contribution is -2.50. The molecule has 5 rings (SSSR count). The summed E-state index contributed by atoms with van der Waals surface area (Å²) in [6.45, 7) is 2.55. The number of piperazine rings is 1. The Morgan fingerprint density at radius 1 is 0.857 bits per heavy atom. The Kier molecular flexibility index (Phi) is 6.55. The number of amides is 2. The first-order valence-electron chi connectivity index (χ1n) is 11.8. The van der Waals surface area contributed by atoms with Gasteiger partial charge in [0.05, 0.1) is 11.4 Å². The summed E-state index contributed by atoms with van der Waals surface area (Å²) >= 11 is 0. The van der Waals surface area contributed by atoms with Crippen LogP contribution in [0.15, 0.2) is 71.6 Å². The monoisotopic (exact) mass is 492 g/mol. The van der Waals surface area contributed by atoms with Gasteiger partial charge in [-0.2, -0.15) is 4.31 Å². The van der Waals surface area contributed by atoms with Crippen LogP contribution in [0.2, 0.25) is 0 Å². The van der Waals surface area contributed by atoms with Crippen molar-refractivity contribution in [2.24, 2.45) is 0 Å². The van der Waals surface area contributed by atoms with Gasteiger partial charge in [0.1, 0.15) is 0 Å². The molecule has 0 aromatic heterocycles. The molecular weight excluding hydrogens is 464 g/mol. The van der Waals surface area contributed by atoms with Crippen molar-refractivity contribution >= 4 is 44.0 Å². The van der Waals surface area contributed by atoms with Crippen LogP contribution in [-0.4, -0.2) is 68.7 Å². The summed E-state index contributed by atoms with van der Waals surface area (Å²) < 4.78 is 27.8. The van der Waals surface area contributed by atoms with E-state index in [4.69, 9.17) is 0 Å². The molecule has 2 heterocycles. The molecule has 0 spiro atoms. The minimum Gasteiger partial charge on any atom is -0.325 e. The molecule has 3 aromatic carbocycles. The highest BCUT2D eigenvalue weighted by Crippen LogP contribution is 2.24. The zero-order valence-electron chi connectivity index (χ0n) is 19.4. The number of carbonyl (C=O) groups is 2. The maximum atomic E-state index is 13.1. The molecule has 0 aliphatic carbocycles. The lowest BCUT2D eigenvalue weighted by molar-refractivity contribution is -0.118. The Bertz CT molecular complexity index is 1350. The zero-order valence-corrected chi connectivity index (χ0v) is 20.2. The summed E-state index contributed by atoms with van der Waals surface area (Å²) in [4.78, 5) is 28.4. The van der Waals surface area contributed by atoms with Crippen LogP contribution in [-0.2, 0) is 19.6 Å². The fourth-order valence-corrected chi connectivity index (χ4v) is 6.11. The van der Waals surface area contributed by atoms with Crippen molar-refractivity contribution in [3.63, 3.8) is 0 Å². The van der Waals surface area contributed by atoms with Gasteiger partial charge in [-0.15, -0.1) is 0 Å². The van der Waals surface area contributed by atoms with Crippen molar-refractivity contribution in [1.29, 1.82) is 0 Å². The Labute approximate surface area is 205 Å². The molecule has 3 aromatic rings. The van der Waals surface area contributed by atoms with Crippen LogP contribution >= 0.6 is 0 Å². The van der Waals surface area contributed by atoms with Crippen molar-refractivity contribution in [2.75, 3.05) is 49.5 Å². The summed E-state index contributed by atoms with van der Waals surface area (Å²) in [6.07, 6.45) is 1.45. The van der Waals surface area contributed by atoms with Gasteiger partial charge in [-0.05, 0) is 53.6 Å². The summed E-state index contributed by atoms with van der Waals surface area (Å²) in [5, 5.41) is 4.78. The van der Waals surface area contributed by atoms with Gasteiger partial charge in [-0.1, -0.05) is 30.3 Å². The van der Waals surface area contributed by atoms with Gasteiger partial charge in [0.15, 0.2) is 0 Å². The first-order valence-corrected chi connectivity index (χ1v) is 13.3. The highest BCUT2D eigenvalue weighted by Gasteiger charge is 2.29. The van der Waals surface area contributed by atoms with Crippen molar-refractivity contribution in [3.8, 4) is 0 Å². The first kappa shape index (κ1) is 23.5. The van der Waals surface area contributed by atoms with Crippen molar-refractivity contribution in [1.82, 2.24) is 9.21 Å². The van der Waals surface area contributed by atoms with E-state index in [2.05, 4.69) is 5.32 Å². The van der Waals surface area contributed by atoms with Gasteiger partial charge >= 0.3 is 0 Å². The molecule has 8 nitrogen and oxygen atoms in total. The number of nitrogens with one attached hydrogen (secondary N) is 1. The van der Waals surface area contributed by atoms with Gasteiger partial charge in [-0.25, -0.2) is 8.42 Å². The Hall–Kier alpha value is -3.27. The first-order chi connectivity index (χ1) is 16.9. The topological polar surface area (TPSA) is 90.0 Å². The predicted molar refractivity (Wildman–Crippen MR) is 136 cm³/mol. The van der Waals surface area contributed by atoms with Crippen LogP contribution in [0.3, 0.4) is 0 Å². The van der Waals surface area contributed by atoms with Crippen LogP contribution in [0.5, 0.6) is 0 Å².